The van der Waals surface area contributed by atoms with Crippen molar-refractivity contribution in [3.8, 4) is 0 Å². The quantitative estimate of drug-likeness (QED) is 0.349. The highest BCUT2D eigenvalue weighted by molar-refractivity contribution is 6.10. The molecule has 1 amide bonds. The molecule has 2 aromatic carbocycles. The Hall–Kier alpha value is -2.82. The predicted molar refractivity (Wildman–Crippen MR) is 82.7 cm³/mol. The molecule has 108 valence electrons. The molecule has 0 saturated carbocycles. The summed E-state index contributed by atoms with van der Waals surface area (Å²) in [7, 11) is 0. The first kappa shape index (κ1) is 14.6. The molecule has 0 atom stereocenters. The van der Waals surface area contributed by atoms with Gasteiger partial charge in [-0.3, -0.25) is 4.79 Å². The number of nitrogens with two attached hydrogens (primary N) is 1. The molecular formula is C16H17N3O2. The summed E-state index contributed by atoms with van der Waals surface area (Å²) in [5.41, 5.74) is 8.18. The molecule has 5 heteroatoms. The summed E-state index contributed by atoms with van der Waals surface area (Å²) in [6.07, 6.45) is 0.769. The van der Waals surface area contributed by atoms with E-state index in [4.69, 9.17) is 10.9 Å². The van der Waals surface area contributed by atoms with Crippen LogP contribution in [0.2, 0.25) is 0 Å². The molecule has 0 aromatic heterocycles. The molecule has 0 heterocycles. The third-order valence-electron chi connectivity index (χ3n) is 3.20. The second kappa shape index (κ2) is 6.56. The van der Waals surface area contributed by atoms with E-state index in [1.54, 1.807) is 30.3 Å². The lowest BCUT2D eigenvalue weighted by Crippen LogP contribution is -2.19. The van der Waals surface area contributed by atoms with Crippen LogP contribution in [0.15, 0.2) is 53.7 Å². The van der Waals surface area contributed by atoms with E-state index in [-0.39, 0.29) is 11.7 Å². The van der Waals surface area contributed by atoms with E-state index in [2.05, 4.69) is 10.5 Å². The molecule has 0 radical (unpaired) electrons. The van der Waals surface area contributed by atoms with Crippen LogP contribution in [0.1, 0.15) is 28.4 Å². The Morgan fingerprint density at radius 2 is 1.76 bits per heavy atom. The Morgan fingerprint density at radius 1 is 1.14 bits per heavy atom. The van der Waals surface area contributed by atoms with Crippen molar-refractivity contribution in [3.63, 3.8) is 0 Å². The first-order valence-electron chi connectivity index (χ1n) is 6.63. The molecule has 0 aliphatic rings. The molecule has 4 N–H and O–H groups in total. The number of benzene rings is 2. The van der Waals surface area contributed by atoms with E-state index in [9.17, 15) is 4.79 Å². The highest BCUT2D eigenvalue weighted by atomic mass is 16.4. The summed E-state index contributed by atoms with van der Waals surface area (Å²) in [6.45, 7) is 2.00. The van der Waals surface area contributed by atoms with Crippen molar-refractivity contribution < 1.29 is 10.0 Å². The number of carbonyl (C=O) groups excluding carboxylic acids is 1. The van der Waals surface area contributed by atoms with Crippen molar-refractivity contribution in [2.24, 2.45) is 10.9 Å². The zero-order valence-electron chi connectivity index (χ0n) is 11.7. The lowest BCUT2D eigenvalue weighted by Gasteiger charge is -2.12. The van der Waals surface area contributed by atoms with E-state index < -0.39 is 0 Å². The molecule has 0 spiro atoms. The number of nitrogens with one attached hydrogen (secondary N) is 1. The Morgan fingerprint density at radius 3 is 2.43 bits per heavy atom. The van der Waals surface area contributed by atoms with Crippen LogP contribution in [0, 0.1) is 0 Å². The molecule has 0 unspecified atom stereocenters. The van der Waals surface area contributed by atoms with Gasteiger partial charge >= 0.3 is 0 Å². The van der Waals surface area contributed by atoms with Crippen LogP contribution in [0.25, 0.3) is 0 Å². The monoisotopic (exact) mass is 283 g/mol. The molecule has 5 nitrogen and oxygen atoms in total. The van der Waals surface area contributed by atoms with Crippen LogP contribution in [0.3, 0.4) is 0 Å². The number of oxime groups is 1. The average Bonchev–Trinajstić information content (AvgIpc) is 2.54. The predicted octanol–water partition coefficient (Wildman–Crippen LogP) is 2.60. The van der Waals surface area contributed by atoms with Gasteiger partial charge in [0.05, 0.1) is 5.69 Å². The molecule has 21 heavy (non-hydrogen) atoms. The van der Waals surface area contributed by atoms with Crippen LogP contribution < -0.4 is 11.1 Å². The highest BCUT2D eigenvalue weighted by Crippen LogP contribution is 2.17. The van der Waals surface area contributed by atoms with Gasteiger partial charge in [-0.15, -0.1) is 0 Å². The summed E-state index contributed by atoms with van der Waals surface area (Å²) >= 11 is 0. The van der Waals surface area contributed by atoms with Gasteiger partial charge < -0.3 is 16.3 Å². The van der Waals surface area contributed by atoms with Crippen molar-refractivity contribution in [2.45, 2.75) is 13.3 Å². The van der Waals surface area contributed by atoms with Gasteiger partial charge in [-0.2, -0.15) is 0 Å². The second-order valence-electron chi connectivity index (χ2n) is 4.50. The molecule has 0 aliphatic heterocycles. The van der Waals surface area contributed by atoms with Crippen LogP contribution in [-0.4, -0.2) is 17.0 Å². The first-order valence-corrected chi connectivity index (χ1v) is 6.63. The van der Waals surface area contributed by atoms with Crippen molar-refractivity contribution in [3.05, 3.63) is 65.2 Å². The Bertz CT molecular complexity index is 681. The van der Waals surface area contributed by atoms with Gasteiger partial charge in [-0.1, -0.05) is 42.4 Å². The smallest absolute Gasteiger partial charge is 0.255 e. The second-order valence-corrected chi connectivity index (χ2v) is 4.50. The maximum Gasteiger partial charge on any atom is 0.255 e. The SMILES string of the molecule is CCc1ccccc1C(=O)Nc1ccccc1/C(N)=N/O. The fraction of sp³-hybridized carbons (Fsp3) is 0.125. The van der Waals surface area contributed by atoms with Crippen LogP contribution >= 0.6 is 0 Å². The van der Waals surface area contributed by atoms with Gasteiger partial charge in [-0.05, 0) is 30.2 Å². The number of hydrogen-bond donors (Lipinski definition) is 3. The summed E-state index contributed by atoms with van der Waals surface area (Å²) in [4.78, 5) is 12.4. The largest absolute Gasteiger partial charge is 0.409 e. The van der Waals surface area contributed by atoms with Crippen molar-refractivity contribution in [1.29, 1.82) is 0 Å². The van der Waals surface area contributed by atoms with E-state index in [0.717, 1.165) is 12.0 Å². The van der Waals surface area contributed by atoms with Crippen LogP contribution in [-0.2, 0) is 6.42 Å². The molecule has 2 aromatic rings. The summed E-state index contributed by atoms with van der Waals surface area (Å²) in [5.74, 6) is -0.264. The Labute approximate surface area is 123 Å². The van der Waals surface area contributed by atoms with Crippen molar-refractivity contribution >= 4 is 17.4 Å². The topological polar surface area (TPSA) is 87.7 Å². The standard InChI is InChI=1S/C16H17N3O2/c1-2-11-7-3-4-8-12(11)16(20)18-14-10-6-5-9-13(14)15(17)19-21/h3-10,21H,2H2,1H3,(H2,17,19)(H,18,20). The molecule has 0 bridgehead atoms. The fourth-order valence-electron chi connectivity index (χ4n) is 2.11. The summed E-state index contributed by atoms with van der Waals surface area (Å²) in [5, 5.41) is 14.6. The highest BCUT2D eigenvalue weighted by Gasteiger charge is 2.13. The Balaban J connectivity index is 2.32. The summed E-state index contributed by atoms with van der Waals surface area (Å²) in [6, 6.07) is 14.3. The zero-order valence-corrected chi connectivity index (χ0v) is 11.7. The van der Waals surface area contributed by atoms with E-state index in [1.165, 1.54) is 0 Å². The molecule has 0 aliphatic carbocycles. The number of amidine groups is 1. The van der Waals surface area contributed by atoms with Crippen LogP contribution in [0.5, 0.6) is 0 Å². The molecule has 0 saturated heterocycles. The van der Waals surface area contributed by atoms with Gasteiger partial charge in [-0.25, -0.2) is 0 Å². The summed E-state index contributed by atoms with van der Waals surface area (Å²) < 4.78 is 0. The minimum atomic E-state index is -0.217. The number of anilines is 1. The minimum Gasteiger partial charge on any atom is -0.409 e. The van der Waals surface area contributed by atoms with Crippen molar-refractivity contribution in [1.82, 2.24) is 0 Å². The van der Waals surface area contributed by atoms with Gasteiger partial charge in [0, 0.05) is 11.1 Å². The number of aryl methyl sites for hydroxylation is 1. The van der Waals surface area contributed by atoms with E-state index in [1.807, 2.05) is 25.1 Å². The molecular weight excluding hydrogens is 266 g/mol. The van der Waals surface area contributed by atoms with Gasteiger partial charge in [0.1, 0.15) is 0 Å². The van der Waals surface area contributed by atoms with Gasteiger partial charge in [0.2, 0.25) is 0 Å². The lowest BCUT2D eigenvalue weighted by atomic mass is 10.0. The van der Waals surface area contributed by atoms with Crippen LogP contribution in [0.4, 0.5) is 5.69 Å². The third kappa shape index (κ3) is 3.20. The lowest BCUT2D eigenvalue weighted by molar-refractivity contribution is 0.102. The number of carbonyl (C=O) groups is 1. The maximum atomic E-state index is 12.4. The Kier molecular flexibility index (Phi) is 4.56. The number of nitrogens with zero attached hydrogens (tertiary/aromatic N) is 1. The maximum absolute atomic E-state index is 12.4. The van der Waals surface area contributed by atoms with E-state index >= 15 is 0 Å². The normalized spacial score (nSPS) is 11.2. The molecule has 2 rings (SSSR count). The minimum absolute atomic E-state index is 0.0466. The third-order valence-corrected chi connectivity index (χ3v) is 3.20. The van der Waals surface area contributed by atoms with Gasteiger partial charge in [0.25, 0.3) is 5.91 Å². The zero-order chi connectivity index (χ0) is 15.2. The van der Waals surface area contributed by atoms with Gasteiger partial charge in [0.15, 0.2) is 5.84 Å². The number of hydrogen-bond acceptors (Lipinski definition) is 3. The fourth-order valence-corrected chi connectivity index (χ4v) is 2.11. The number of amides is 1. The first-order chi connectivity index (χ1) is 10.2. The average molecular weight is 283 g/mol. The number of para-hydroxylation sites is 1. The van der Waals surface area contributed by atoms with Crippen molar-refractivity contribution in [2.75, 3.05) is 5.32 Å². The molecule has 0 fully saturated rings. The number of rotatable bonds is 4. The van der Waals surface area contributed by atoms with E-state index in [0.29, 0.717) is 16.8 Å².